The van der Waals surface area contributed by atoms with Gasteiger partial charge >= 0.3 is 12.1 Å². The van der Waals surface area contributed by atoms with Gasteiger partial charge in [-0.1, -0.05) is 71.9 Å². The van der Waals surface area contributed by atoms with Gasteiger partial charge in [0.25, 0.3) is 0 Å². The van der Waals surface area contributed by atoms with Crippen LogP contribution in [0.5, 0.6) is 0 Å². The predicted molar refractivity (Wildman–Crippen MR) is 136 cm³/mol. The third-order valence-electron chi connectivity index (χ3n) is 6.54. The van der Waals surface area contributed by atoms with Crippen LogP contribution < -0.4 is 5.32 Å². The molecule has 1 amide bonds. The standard InChI is InChI=1S/C29H26N2O5/c1-18(19-6-3-2-4-7-19)35-29(34)31-26-17-30-36-28(26)21-12-10-20(11-13-21)24-15-14-22(16-27(32)33)23-8-5-9-25(23)24/h2-4,6-7,10-15,17-18H,5,8-9,16H2,1H3,(H,31,34)(H,32,33). The van der Waals surface area contributed by atoms with E-state index in [2.05, 4.69) is 10.5 Å². The zero-order valence-corrected chi connectivity index (χ0v) is 19.9. The second kappa shape index (κ2) is 10.1. The summed E-state index contributed by atoms with van der Waals surface area (Å²) in [7, 11) is 0. The van der Waals surface area contributed by atoms with Gasteiger partial charge in [0, 0.05) is 5.56 Å². The van der Waals surface area contributed by atoms with Gasteiger partial charge in [-0.2, -0.15) is 0 Å². The quantitative estimate of drug-likeness (QED) is 0.315. The molecule has 0 aliphatic heterocycles. The van der Waals surface area contributed by atoms with Gasteiger partial charge < -0.3 is 14.4 Å². The van der Waals surface area contributed by atoms with E-state index in [0.29, 0.717) is 11.4 Å². The maximum atomic E-state index is 12.5. The fourth-order valence-electron chi connectivity index (χ4n) is 4.81. The van der Waals surface area contributed by atoms with E-state index in [0.717, 1.165) is 47.1 Å². The first kappa shape index (κ1) is 23.4. The summed E-state index contributed by atoms with van der Waals surface area (Å²) in [5, 5.41) is 15.8. The van der Waals surface area contributed by atoms with Crippen LogP contribution in [-0.4, -0.2) is 22.3 Å². The molecule has 2 N–H and O–H groups in total. The number of benzene rings is 3. The lowest BCUT2D eigenvalue weighted by Gasteiger charge is -2.14. The Morgan fingerprint density at radius 3 is 2.47 bits per heavy atom. The molecule has 1 aliphatic rings. The van der Waals surface area contributed by atoms with E-state index in [4.69, 9.17) is 9.26 Å². The second-order valence-electron chi connectivity index (χ2n) is 8.88. The summed E-state index contributed by atoms with van der Waals surface area (Å²) in [5.74, 6) is -0.371. The summed E-state index contributed by atoms with van der Waals surface area (Å²) < 4.78 is 10.9. The number of carbonyl (C=O) groups is 2. The molecule has 0 saturated carbocycles. The van der Waals surface area contributed by atoms with E-state index in [-0.39, 0.29) is 6.42 Å². The molecule has 36 heavy (non-hydrogen) atoms. The van der Waals surface area contributed by atoms with Crippen LogP contribution in [0.15, 0.2) is 77.4 Å². The summed E-state index contributed by atoms with van der Waals surface area (Å²) in [6.45, 7) is 1.81. The van der Waals surface area contributed by atoms with E-state index in [1.807, 2.05) is 73.7 Å². The van der Waals surface area contributed by atoms with E-state index < -0.39 is 18.2 Å². The van der Waals surface area contributed by atoms with E-state index in [1.165, 1.54) is 17.3 Å². The van der Waals surface area contributed by atoms with Gasteiger partial charge in [-0.05, 0) is 59.6 Å². The molecule has 3 aromatic carbocycles. The summed E-state index contributed by atoms with van der Waals surface area (Å²) in [4.78, 5) is 23.7. The molecule has 1 atom stereocenters. The minimum absolute atomic E-state index is 0.0510. The monoisotopic (exact) mass is 482 g/mol. The first-order valence-electron chi connectivity index (χ1n) is 11.9. The van der Waals surface area contributed by atoms with Gasteiger partial charge in [0.2, 0.25) is 0 Å². The van der Waals surface area contributed by atoms with Crippen LogP contribution in [0.25, 0.3) is 22.5 Å². The number of rotatable bonds is 7. The van der Waals surface area contributed by atoms with Crippen molar-refractivity contribution in [3.05, 3.63) is 95.2 Å². The summed E-state index contributed by atoms with van der Waals surface area (Å²) in [5.41, 5.74) is 7.57. The van der Waals surface area contributed by atoms with Crippen molar-refractivity contribution in [2.24, 2.45) is 0 Å². The molecule has 0 saturated heterocycles. The summed E-state index contributed by atoms with van der Waals surface area (Å²) in [6, 6.07) is 21.3. The predicted octanol–water partition coefficient (Wildman–Crippen LogP) is 6.43. The number of aromatic nitrogens is 1. The molecule has 0 fully saturated rings. The van der Waals surface area contributed by atoms with E-state index >= 15 is 0 Å². The number of anilines is 1. The first-order chi connectivity index (χ1) is 17.5. The van der Waals surface area contributed by atoms with E-state index in [1.54, 1.807) is 0 Å². The number of ether oxygens (including phenoxy) is 1. The Bertz CT molecular complexity index is 1390. The average molecular weight is 483 g/mol. The van der Waals surface area contributed by atoms with Crippen molar-refractivity contribution < 1.29 is 24.0 Å². The Labute approximate surface area is 208 Å². The van der Waals surface area contributed by atoms with Crippen LogP contribution in [0.2, 0.25) is 0 Å². The molecule has 1 aromatic heterocycles. The van der Waals surface area contributed by atoms with Crippen LogP contribution >= 0.6 is 0 Å². The number of nitrogens with zero attached hydrogens (tertiary/aromatic N) is 1. The zero-order valence-electron chi connectivity index (χ0n) is 19.9. The number of carbonyl (C=O) groups excluding carboxylic acids is 1. The Balaban J connectivity index is 1.33. The third kappa shape index (κ3) is 4.86. The van der Waals surface area contributed by atoms with E-state index in [9.17, 15) is 14.7 Å². The van der Waals surface area contributed by atoms with Gasteiger partial charge in [0.05, 0.1) is 12.6 Å². The van der Waals surface area contributed by atoms with Gasteiger partial charge in [-0.15, -0.1) is 0 Å². The SMILES string of the molecule is CC(OC(=O)Nc1cnoc1-c1ccc(-c2ccc(CC(=O)O)c3c2CCC3)cc1)c1ccccc1. The van der Waals surface area contributed by atoms with Crippen molar-refractivity contribution in [2.45, 2.75) is 38.7 Å². The van der Waals surface area contributed by atoms with Crippen molar-refractivity contribution in [2.75, 3.05) is 5.32 Å². The molecular weight excluding hydrogens is 456 g/mol. The van der Waals surface area contributed by atoms with Gasteiger partial charge in [-0.3, -0.25) is 10.1 Å². The fraction of sp³-hybridized carbons (Fsp3) is 0.207. The number of aliphatic carboxylic acids is 1. The van der Waals surface area contributed by atoms with Crippen molar-refractivity contribution >= 4 is 17.7 Å². The second-order valence-corrected chi connectivity index (χ2v) is 8.88. The van der Waals surface area contributed by atoms with Gasteiger partial charge in [0.15, 0.2) is 5.76 Å². The number of fused-ring (bicyclic) bond motifs is 1. The fourth-order valence-corrected chi connectivity index (χ4v) is 4.81. The number of amides is 1. The molecule has 0 spiro atoms. The lowest BCUT2D eigenvalue weighted by Crippen LogP contribution is -2.16. The van der Waals surface area contributed by atoms with Crippen LogP contribution in [0.1, 0.15) is 41.7 Å². The Morgan fingerprint density at radius 2 is 1.72 bits per heavy atom. The molecule has 0 bridgehead atoms. The topological polar surface area (TPSA) is 102 Å². The van der Waals surface area contributed by atoms with Crippen molar-refractivity contribution in [1.82, 2.24) is 5.16 Å². The Morgan fingerprint density at radius 1 is 1.00 bits per heavy atom. The average Bonchev–Trinajstić information content (AvgIpc) is 3.55. The molecule has 5 rings (SSSR count). The lowest BCUT2D eigenvalue weighted by molar-refractivity contribution is -0.136. The van der Waals surface area contributed by atoms with Crippen LogP contribution in [0, 0.1) is 0 Å². The largest absolute Gasteiger partial charge is 0.481 e. The number of carboxylic acid groups (broad SMARTS) is 1. The molecule has 182 valence electrons. The molecular formula is C29H26N2O5. The first-order valence-corrected chi connectivity index (χ1v) is 11.9. The molecule has 7 nitrogen and oxygen atoms in total. The van der Waals surface area contributed by atoms with Crippen molar-refractivity contribution in [1.29, 1.82) is 0 Å². The number of nitrogens with one attached hydrogen (secondary N) is 1. The molecule has 0 radical (unpaired) electrons. The summed E-state index contributed by atoms with van der Waals surface area (Å²) >= 11 is 0. The van der Waals surface area contributed by atoms with Crippen LogP contribution in [0.3, 0.4) is 0 Å². The third-order valence-corrected chi connectivity index (χ3v) is 6.54. The zero-order chi connectivity index (χ0) is 25.1. The normalized spacial score (nSPS) is 13.1. The molecule has 7 heteroatoms. The maximum Gasteiger partial charge on any atom is 0.412 e. The van der Waals surface area contributed by atoms with Crippen LogP contribution in [-0.2, 0) is 28.8 Å². The minimum Gasteiger partial charge on any atom is -0.481 e. The molecule has 1 unspecified atom stereocenters. The maximum absolute atomic E-state index is 12.5. The van der Waals surface area contributed by atoms with Crippen molar-refractivity contribution in [3.63, 3.8) is 0 Å². The number of hydrogen-bond acceptors (Lipinski definition) is 5. The highest BCUT2D eigenvalue weighted by atomic mass is 16.6. The molecule has 1 aliphatic carbocycles. The molecule has 1 heterocycles. The highest BCUT2D eigenvalue weighted by Crippen LogP contribution is 2.36. The highest BCUT2D eigenvalue weighted by molar-refractivity contribution is 5.89. The summed E-state index contributed by atoms with van der Waals surface area (Å²) in [6.07, 6.45) is 3.39. The smallest absolute Gasteiger partial charge is 0.412 e. The Kier molecular flexibility index (Phi) is 6.54. The van der Waals surface area contributed by atoms with Gasteiger partial charge in [-0.25, -0.2) is 4.79 Å². The van der Waals surface area contributed by atoms with Crippen LogP contribution in [0.4, 0.5) is 10.5 Å². The molecule has 4 aromatic rings. The van der Waals surface area contributed by atoms with Crippen molar-refractivity contribution in [3.8, 4) is 22.5 Å². The van der Waals surface area contributed by atoms with Gasteiger partial charge in [0.1, 0.15) is 11.8 Å². The number of carboxylic acids is 1. The minimum atomic E-state index is -0.809. The highest BCUT2D eigenvalue weighted by Gasteiger charge is 2.21. The number of hydrogen-bond donors (Lipinski definition) is 2. The Hall–Kier alpha value is -4.39. The lowest BCUT2D eigenvalue weighted by atomic mass is 9.92.